The van der Waals surface area contributed by atoms with Crippen molar-refractivity contribution in [3.63, 3.8) is 0 Å². The van der Waals surface area contributed by atoms with Crippen LogP contribution in [0.3, 0.4) is 0 Å². The Morgan fingerprint density at radius 2 is 1.80 bits per heavy atom. The normalized spacial score (nSPS) is 11.3. The number of carbonyl (C=O) groups excluding carboxylic acids is 2. The molecule has 0 aliphatic rings. The molecule has 0 spiro atoms. The van der Waals surface area contributed by atoms with E-state index >= 15 is 0 Å². The molecule has 1 unspecified atom stereocenters. The van der Waals surface area contributed by atoms with Gasteiger partial charge in [-0.2, -0.15) is 17.0 Å². The van der Waals surface area contributed by atoms with Gasteiger partial charge in [-0.25, -0.2) is 0 Å². The molecule has 6 heteroatoms. The zero-order valence-electron chi connectivity index (χ0n) is 13.6. The molecule has 1 atom stereocenters. The fourth-order valence-electron chi connectivity index (χ4n) is 2.45. The van der Waals surface area contributed by atoms with Gasteiger partial charge in [0.1, 0.15) is 6.54 Å². The molecule has 0 fully saturated rings. The summed E-state index contributed by atoms with van der Waals surface area (Å²) in [4.78, 5) is 24.2. The van der Waals surface area contributed by atoms with E-state index in [2.05, 4.69) is 5.32 Å². The van der Waals surface area contributed by atoms with Crippen LogP contribution in [0.25, 0.3) is 0 Å². The smallest absolute Gasteiger partial charge is 0.249 e. The number of hydrogen-bond donors (Lipinski definition) is 2. The van der Waals surface area contributed by atoms with Gasteiger partial charge < -0.3 is 11.1 Å². The molecule has 2 rings (SSSR count). The molecule has 3 N–H and O–H groups in total. The molecule has 0 bridgehead atoms. The van der Waals surface area contributed by atoms with Crippen molar-refractivity contribution in [2.24, 2.45) is 5.73 Å². The van der Waals surface area contributed by atoms with E-state index in [-0.39, 0.29) is 12.5 Å². The summed E-state index contributed by atoms with van der Waals surface area (Å²) in [5, 5.41) is 11.3. The highest BCUT2D eigenvalue weighted by molar-refractivity contribution is 7.98. The van der Waals surface area contributed by atoms with Gasteiger partial charge in [0.2, 0.25) is 11.8 Å². The van der Waals surface area contributed by atoms with E-state index in [0.29, 0.717) is 16.9 Å². The van der Waals surface area contributed by atoms with Gasteiger partial charge in [-0.15, -0.1) is 0 Å². The van der Waals surface area contributed by atoms with Gasteiger partial charge in [-0.3, -0.25) is 9.59 Å². The van der Waals surface area contributed by atoms with E-state index in [0.717, 1.165) is 11.3 Å². The number of amides is 2. The first-order chi connectivity index (χ1) is 12.1. The number of rotatable bonds is 8. The highest BCUT2D eigenvalue weighted by Crippen LogP contribution is 2.26. The Balaban J connectivity index is 2.17. The molecule has 0 aliphatic carbocycles. The average Bonchev–Trinajstić information content (AvgIpc) is 2.64. The van der Waals surface area contributed by atoms with Crippen LogP contribution in [0.1, 0.15) is 27.4 Å². The number of carbonyl (C=O) groups is 2. The second-order valence-corrected chi connectivity index (χ2v) is 6.41. The maximum atomic E-state index is 12.5. The maximum Gasteiger partial charge on any atom is 0.249 e. The van der Waals surface area contributed by atoms with Crippen LogP contribution in [0.15, 0.2) is 54.6 Å². The molecule has 128 valence electrons. The van der Waals surface area contributed by atoms with E-state index in [1.54, 1.807) is 36.0 Å². The van der Waals surface area contributed by atoms with E-state index in [1.807, 2.05) is 36.4 Å². The van der Waals surface area contributed by atoms with Crippen LogP contribution in [-0.2, 0) is 10.5 Å². The number of primary amides is 1. The van der Waals surface area contributed by atoms with Gasteiger partial charge >= 0.3 is 0 Å². The van der Waals surface area contributed by atoms with Gasteiger partial charge in [0, 0.05) is 17.1 Å². The van der Waals surface area contributed by atoms with E-state index in [4.69, 9.17) is 11.0 Å². The summed E-state index contributed by atoms with van der Waals surface area (Å²) >= 11 is 1.60. The Bertz CT molecular complexity index is 772. The molecule has 25 heavy (non-hydrogen) atoms. The van der Waals surface area contributed by atoms with Crippen LogP contribution >= 0.6 is 11.8 Å². The van der Waals surface area contributed by atoms with Crippen molar-refractivity contribution in [2.45, 2.75) is 11.7 Å². The Morgan fingerprint density at radius 3 is 2.48 bits per heavy atom. The molecule has 0 saturated carbocycles. The van der Waals surface area contributed by atoms with Gasteiger partial charge in [-0.1, -0.05) is 48.5 Å². The van der Waals surface area contributed by atoms with Crippen molar-refractivity contribution < 1.29 is 9.59 Å². The molecule has 2 aromatic carbocycles. The fraction of sp³-hybridized carbons (Fsp3) is 0.211. The lowest BCUT2D eigenvalue weighted by atomic mass is 9.94. The molecular formula is C19H19N3O2S. The summed E-state index contributed by atoms with van der Waals surface area (Å²) < 4.78 is 0. The number of nitrogens with zero attached hydrogens (tertiary/aromatic N) is 1. The summed E-state index contributed by atoms with van der Waals surface area (Å²) in [7, 11) is 0. The fourth-order valence-corrected chi connectivity index (χ4v) is 3.56. The van der Waals surface area contributed by atoms with Crippen LogP contribution < -0.4 is 11.1 Å². The lowest BCUT2D eigenvalue weighted by Gasteiger charge is -2.18. The SMILES string of the molecule is N#CCNC(=O)C(CSCc1ccccc1)c1ccccc1C(N)=O. The minimum absolute atomic E-state index is 0.0720. The number of hydrogen-bond acceptors (Lipinski definition) is 4. The molecule has 0 heterocycles. The number of benzene rings is 2. The summed E-state index contributed by atoms with van der Waals surface area (Å²) in [6.45, 7) is -0.0720. The molecule has 0 saturated heterocycles. The molecular weight excluding hydrogens is 334 g/mol. The third-order valence-corrected chi connectivity index (χ3v) is 4.76. The van der Waals surface area contributed by atoms with Crippen molar-refractivity contribution in [3.8, 4) is 6.07 Å². The third kappa shape index (κ3) is 5.37. The molecule has 2 aromatic rings. The molecule has 5 nitrogen and oxygen atoms in total. The van der Waals surface area contributed by atoms with E-state index in [1.165, 1.54) is 0 Å². The lowest BCUT2D eigenvalue weighted by molar-refractivity contribution is -0.121. The highest BCUT2D eigenvalue weighted by Gasteiger charge is 2.24. The zero-order valence-corrected chi connectivity index (χ0v) is 14.5. The van der Waals surface area contributed by atoms with Gasteiger partial charge in [0.05, 0.1) is 12.0 Å². The topological polar surface area (TPSA) is 96.0 Å². The predicted octanol–water partition coefficient (Wildman–Crippen LogP) is 2.44. The van der Waals surface area contributed by atoms with Gasteiger partial charge in [0.25, 0.3) is 0 Å². The van der Waals surface area contributed by atoms with Gasteiger partial charge in [0.15, 0.2) is 0 Å². The van der Waals surface area contributed by atoms with Crippen LogP contribution in [0.2, 0.25) is 0 Å². The van der Waals surface area contributed by atoms with Crippen molar-refractivity contribution in [3.05, 3.63) is 71.3 Å². The Hall–Kier alpha value is -2.78. The van der Waals surface area contributed by atoms with Gasteiger partial charge in [-0.05, 0) is 17.2 Å². The van der Waals surface area contributed by atoms with E-state index < -0.39 is 11.8 Å². The van der Waals surface area contributed by atoms with Crippen molar-refractivity contribution in [1.82, 2.24) is 5.32 Å². The molecule has 0 aromatic heterocycles. The van der Waals surface area contributed by atoms with Crippen LogP contribution in [0.5, 0.6) is 0 Å². The first-order valence-electron chi connectivity index (χ1n) is 7.78. The number of nitrogens with one attached hydrogen (secondary N) is 1. The largest absolute Gasteiger partial charge is 0.366 e. The number of nitriles is 1. The lowest BCUT2D eigenvalue weighted by Crippen LogP contribution is -2.32. The van der Waals surface area contributed by atoms with E-state index in [9.17, 15) is 9.59 Å². The second kappa shape index (κ2) is 9.50. The highest BCUT2D eigenvalue weighted by atomic mass is 32.2. The molecule has 2 amide bonds. The standard InChI is InChI=1S/C19H19N3O2S/c20-10-11-22-19(24)17(13-25-12-14-6-2-1-3-7-14)15-8-4-5-9-16(15)18(21)23/h1-9,17H,11-13H2,(H2,21,23)(H,22,24). The quantitative estimate of drug-likeness (QED) is 0.713. The summed E-state index contributed by atoms with van der Waals surface area (Å²) in [6.07, 6.45) is 0. The average molecular weight is 353 g/mol. The first-order valence-corrected chi connectivity index (χ1v) is 8.94. The second-order valence-electron chi connectivity index (χ2n) is 5.38. The van der Waals surface area contributed by atoms with Crippen molar-refractivity contribution in [2.75, 3.05) is 12.3 Å². The Kier molecular flexibility index (Phi) is 7.05. The Labute approximate surface area is 151 Å². The van der Waals surface area contributed by atoms with Crippen LogP contribution in [-0.4, -0.2) is 24.1 Å². The summed E-state index contributed by atoms with van der Waals surface area (Å²) in [5.41, 5.74) is 7.52. The minimum Gasteiger partial charge on any atom is -0.366 e. The number of thioether (sulfide) groups is 1. The minimum atomic E-state index is -0.568. The Morgan fingerprint density at radius 1 is 1.12 bits per heavy atom. The summed E-state index contributed by atoms with van der Waals surface area (Å²) in [5.74, 6) is -0.166. The predicted molar refractivity (Wildman–Crippen MR) is 98.9 cm³/mol. The third-order valence-electron chi connectivity index (χ3n) is 3.66. The number of nitrogens with two attached hydrogens (primary N) is 1. The maximum absolute atomic E-state index is 12.5. The molecule has 0 aliphatic heterocycles. The van der Waals surface area contributed by atoms with Crippen molar-refractivity contribution >= 4 is 23.6 Å². The van der Waals surface area contributed by atoms with Crippen LogP contribution in [0, 0.1) is 11.3 Å². The monoisotopic (exact) mass is 353 g/mol. The summed E-state index contributed by atoms with van der Waals surface area (Å²) in [6, 6.07) is 18.7. The zero-order chi connectivity index (χ0) is 18.1. The van der Waals surface area contributed by atoms with Crippen LogP contribution in [0.4, 0.5) is 0 Å². The first kappa shape index (κ1) is 18.6. The molecule has 0 radical (unpaired) electrons. The van der Waals surface area contributed by atoms with Crippen molar-refractivity contribution in [1.29, 1.82) is 5.26 Å².